The number of nitrogens with zero attached hydrogens (tertiary/aromatic N) is 1. The van der Waals surface area contributed by atoms with Gasteiger partial charge in [-0.2, -0.15) is 0 Å². The van der Waals surface area contributed by atoms with Gasteiger partial charge in [0, 0.05) is 29.1 Å². The van der Waals surface area contributed by atoms with Crippen molar-refractivity contribution in [1.29, 1.82) is 0 Å². The van der Waals surface area contributed by atoms with Gasteiger partial charge in [0.05, 0.1) is 0 Å². The second-order valence-corrected chi connectivity index (χ2v) is 5.73. The normalized spacial score (nSPS) is 15.3. The molecule has 0 spiro atoms. The Labute approximate surface area is 127 Å². The van der Waals surface area contributed by atoms with Gasteiger partial charge in [-0.3, -0.25) is 4.99 Å². The van der Waals surface area contributed by atoms with Gasteiger partial charge < -0.3 is 9.47 Å². The van der Waals surface area contributed by atoms with E-state index in [1.54, 1.807) is 11.3 Å². The number of rotatable bonds is 2. The van der Waals surface area contributed by atoms with Gasteiger partial charge >= 0.3 is 0 Å². The van der Waals surface area contributed by atoms with Crippen LogP contribution in [0.5, 0.6) is 11.5 Å². The maximum absolute atomic E-state index is 5.47. The van der Waals surface area contributed by atoms with Gasteiger partial charge in [0.2, 0.25) is 6.79 Å². The molecular weight excluding hydrogens is 294 g/mol. The third-order valence-corrected chi connectivity index (χ3v) is 4.39. The lowest BCUT2D eigenvalue weighted by Crippen LogP contribution is -2.14. The van der Waals surface area contributed by atoms with Crippen molar-refractivity contribution in [2.24, 2.45) is 4.99 Å². The van der Waals surface area contributed by atoms with Crippen LogP contribution in [0.4, 0.5) is 0 Å². The van der Waals surface area contributed by atoms with Crippen LogP contribution in [0.2, 0.25) is 0 Å². The van der Waals surface area contributed by atoms with E-state index in [9.17, 15) is 0 Å². The Kier molecular flexibility index (Phi) is 3.68. The first-order valence-electron chi connectivity index (χ1n) is 6.39. The Morgan fingerprint density at radius 1 is 1.20 bits per heavy atom. The first-order valence-corrected chi connectivity index (χ1v) is 7.27. The number of halogens is 1. The molecule has 2 aliphatic rings. The summed E-state index contributed by atoms with van der Waals surface area (Å²) in [5, 5.41) is 2.11. The molecule has 0 amide bonds. The first-order chi connectivity index (χ1) is 9.40. The topological polar surface area (TPSA) is 30.8 Å². The van der Waals surface area contributed by atoms with Crippen molar-refractivity contribution in [3.8, 4) is 11.5 Å². The summed E-state index contributed by atoms with van der Waals surface area (Å²) in [6.07, 6.45) is 1.89. The molecule has 0 bridgehead atoms. The third kappa shape index (κ3) is 2.30. The van der Waals surface area contributed by atoms with Crippen LogP contribution in [-0.4, -0.2) is 19.0 Å². The largest absolute Gasteiger partial charge is 0.454 e. The summed E-state index contributed by atoms with van der Waals surface area (Å²) in [6.45, 7) is 1.20. The zero-order valence-corrected chi connectivity index (χ0v) is 12.4. The minimum atomic E-state index is 0. The van der Waals surface area contributed by atoms with E-state index in [1.165, 1.54) is 21.7 Å². The molecule has 3 heterocycles. The number of thiophene rings is 1. The SMILES string of the molecule is Cl.c1csc(CC2=NCCc3cc4c(cc32)OCO4)c1. The van der Waals surface area contributed by atoms with Gasteiger partial charge in [0.15, 0.2) is 11.5 Å². The molecule has 2 aromatic rings. The Balaban J connectivity index is 0.00000121. The number of ether oxygens (including phenoxy) is 2. The molecule has 104 valence electrons. The smallest absolute Gasteiger partial charge is 0.231 e. The van der Waals surface area contributed by atoms with E-state index in [0.717, 1.165) is 30.9 Å². The summed E-state index contributed by atoms with van der Waals surface area (Å²) in [6, 6.07) is 8.45. The second kappa shape index (κ2) is 5.46. The van der Waals surface area contributed by atoms with E-state index in [4.69, 9.17) is 14.5 Å². The zero-order valence-electron chi connectivity index (χ0n) is 10.8. The standard InChI is InChI=1S/C15H13NO2S.ClH/c1-2-11(19-5-1)7-13-12-8-15-14(17-9-18-15)6-10(12)3-4-16-13;/h1-2,5-6,8H,3-4,7,9H2;1H. The molecule has 1 aromatic carbocycles. The highest BCUT2D eigenvalue weighted by Gasteiger charge is 2.21. The van der Waals surface area contributed by atoms with Crippen LogP contribution in [0.3, 0.4) is 0 Å². The highest BCUT2D eigenvalue weighted by Crippen LogP contribution is 2.36. The molecule has 5 heteroatoms. The van der Waals surface area contributed by atoms with Crippen molar-refractivity contribution in [1.82, 2.24) is 0 Å². The molecule has 0 radical (unpaired) electrons. The van der Waals surface area contributed by atoms with Crippen molar-refractivity contribution >= 4 is 29.5 Å². The molecule has 0 atom stereocenters. The van der Waals surface area contributed by atoms with E-state index in [1.807, 2.05) is 0 Å². The average Bonchev–Trinajstić information content (AvgIpc) is 3.07. The summed E-state index contributed by atoms with van der Waals surface area (Å²) >= 11 is 1.78. The van der Waals surface area contributed by atoms with Gasteiger partial charge in [0.25, 0.3) is 0 Å². The maximum Gasteiger partial charge on any atom is 0.231 e. The van der Waals surface area contributed by atoms with Crippen LogP contribution < -0.4 is 9.47 Å². The number of aliphatic imine (C=N–C) groups is 1. The number of fused-ring (bicyclic) bond motifs is 2. The van der Waals surface area contributed by atoms with Crippen LogP contribution in [-0.2, 0) is 12.8 Å². The van der Waals surface area contributed by atoms with Crippen molar-refractivity contribution < 1.29 is 9.47 Å². The van der Waals surface area contributed by atoms with Crippen molar-refractivity contribution in [3.05, 3.63) is 45.6 Å². The van der Waals surface area contributed by atoms with E-state index in [2.05, 4.69) is 29.6 Å². The Hall–Kier alpha value is -1.52. The number of hydrogen-bond donors (Lipinski definition) is 0. The molecule has 2 aliphatic heterocycles. The fraction of sp³-hybridized carbons (Fsp3) is 0.267. The van der Waals surface area contributed by atoms with Crippen LogP contribution >= 0.6 is 23.7 Å². The molecule has 0 N–H and O–H groups in total. The minimum Gasteiger partial charge on any atom is -0.454 e. The molecular formula is C15H14ClNO2S. The molecule has 4 rings (SSSR count). The quantitative estimate of drug-likeness (QED) is 0.850. The zero-order chi connectivity index (χ0) is 12.7. The second-order valence-electron chi connectivity index (χ2n) is 4.70. The van der Waals surface area contributed by atoms with Crippen molar-refractivity contribution in [3.63, 3.8) is 0 Å². The molecule has 0 fully saturated rings. The molecule has 20 heavy (non-hydrogen) atoms. The highest BCUT2D eigenvalue weighted by atomic mass is 35.5. The molecule has 0 unspecified atom stereocenters. The van der Waals surface area contributed by atoms with E-state index in [-0.39, 0.29) is 12.4 Å². The summed E-state index contributed by atoms with van der Waals surface area (Å²) < 4.78 is 10.9. The summed E-state index contributed by atoms with van der Waals surface area (Å²) in [5.74, 6) is 1.72. The minimum absolute atomic E-state index is 0. The number of hydrogen-bond acceptors (Lipinski definition) is 4. The van der Waals surface area contributed by atoms with Crippen LogP contribution in [0, 0.1) is 0 Å². The Morgan fingerprint density at radius 3 is 2.85 bits per heavy atom. The fourth-order valence-electron chi connectivity index (χ4n) is 2.59. The summed E-state index contributed by atoms with van der Waals surface area (Å²) in [7, 11) is 0. The molecule has 1 aromatic heterocycles. The fourth-order valence-corrected chi connectivity index (χ4v) is 3.29. The van der Waals surface area contributed by atoms with Gasteiger partial charge in [-0.1, -0.05) is 6.07 Å². The summed E-state index contributed by atoms with van der Waals surface area (Å²) in [5.41, 5.74) is 3.72. The molecule has 0 saturated heterocycles. The van der Waals surface area contributed by atoms with Crippen molar-refractivity contribution in [2.75, 3.05) is 13.3 Å². The molecule has 0 aliphatic carbocycles. The molecule has 0 saturated carbocycles. The van der Waals surface area contributed by atoms with Gasteiger partial charge in [-0.25, -0.2) is 0 Å². The van der Waals surface area contributed by atoms with Crippen LogP contribution in [0.15, 0.2) is 34.6 Å². The Morgan fingerprint density at radius 2 is 2.05 bits per heavy atom. The lowest BCUT2D eigenvalue weighted by molar-refractivity contribution is 0.174. The van der Waals surface area contributed by atoms with E-state index < -0.39 is 0 Å². The van der Waals surface area contributed by atoms with Gasteiger partial charge in [-0.05, 0) is 35.6 Å². The number of benzene rings is 1. The summed E-state index contributed by atoms with van der Waals surface area (Å²) in [4.78, 5) is 6.05. The molecule has 3 nitrogen and oxygen atoms in total. The third-order valence-electron chi connectivity index (χ3n) is 3.51. The lowest BCUT2D eigenvalue weighted by Gasteiger charge is -2.17. The maximum atomic E-state index is 5.47. The van der Waals surface area contributed by atoms with E-state index in [0.29, 0.717) is 6.79 Å². The van der Waals surface area contributed by atoms with Crippen LogP contribution in [0.25, 0.3) is 0 Å². The average molecular weight is 308 g/mol. The van der Waals surface area contributed by atoms with Gasteiger partial charge in [-0.15, -0.1) is 23.7 Å². The Bertz CT molecular complexity index is 652. The highest BCUT2D eigenvalue weighted by molar-refractivity contribution is 7.10. The van der Waals surface area contributed by atoms with Crippen molar-refractivity contribution in [2.45, 2.75) is 12.8 Å². The van der Waals surface area contributed by atoms with Crippen LogP contribution in [0.1, 0.15) is 16.0 Å². The predicted molar refractivity (Wildman–Crippen MR) is 82.9 cm³/mol. The predicted octanol–water partition coefficient (Wildman–Crippen LogP) is 3.49. The van der Waals surface area contributed by atoms with Gasteiger partial charge in [0.1, 0.15) is 0 Å². The first kappa shape index (κ1) is 13.5. The van der Waals surface area contributed by atoms with E-state index >= 15 is 0 Å². The lowest BCUT2D eigenvalue weighted by atomic mass is 9.95. The monoisotopic (exact) mass is 307 g/mol.